The number of anilines is 1. The molecule has 1 heterocycles. The lowest BCUT2D eigenvalue weighted by Gasteiger charge is -2.12. The Morgan fingerprint density at radius 1 is 1.47 bits per heavy atom. The van der Waals surface area contributed by atoms with Gasteiger partial charge in [-0.15, -0.1) is 0 Å². The van der Waals surface area contributed by atoms with Crippen LogP contribution in [0.15, 0.2) is 17.2 Å². The second-order valence-corrected chi connectivity index (χ2v) is 5.83. The van der Waals surface area contributed by atoms with Gasteiger partial charge in [0.2, 0.25) is 0 Å². The molecule has 0 radical (unpaired) electrons. The SMILES string of the molecule is CSC(C)CNc1nccn(CC(C)C)c1=O. The van der Waals surface area contributed by atoms with Crippen molar-refractivity contribution < 1.29 is 0 Å². The van der Waals surface area contributed by atoms with E-state index < -0.39 is 0 Å². The maximum atomic E-state index is 12.0. The third-order valence-electron chi connectivity index (χ3n) is 2.43. The Bertz CT molecular complexity index is 403. The molecule has 1 atom stereocenters. The molecule has 1 aromatic rings. The van der Waals surface area contributed by atoms with Gasteiger partial charge in [0.05, 0.1) is 0 Å². The van der Waals surface area contributed by atoms with Gasteiger partial charge in [-0.3, -0.25) is 4.79 Å². The van der Waals surface area contributed by atoms with Crippen molar-refractivity contribution in [3.63, 3.8) is 0 Å². The summed E-state index contributed by atoms with van der Waals surface area (Å²) >= 11 is 1.77. The highest BCUT2D eigenvalue weighted by molar-refractivity contribution is 7.99. The first kappa shape index (κ1) is 14.1. The van der Waals surface area contributed by atoms with Gasteiger partial charge in [0.1, 0.15) is 0 Å². The third-order valence-corrected chi connectivity index (χ3v) is 3.41. The minimum atomic E-state index is -0.0329. The lowest BCUT2D eigenvalue weighted by Crippen LogP contribution is -2.27. The van der Waals surface area contributed by atoms with Gasteiger partial charge in [0, 0.05) is 30.7 Å². The average molecular weight is 255 g/mol. The van der Waals surface area contributed by atoms with Crippen molar-refractivity contribution in [3.8, 4) is 0 Å². The summed E-state index contributed by atoms with van der Waals surface area (Å²) in [5.74, 6) is 0.905. The van der Waals surface area contributed by atoms with Crippen LogP contribution >= 0.6 is 11.8 Å². The summed E-state index contributed by atoms with van der Waals surface area (Å²) in [6.07, 6.45) is 5.48. The van der Waals surface area contributed by atoms with Gasteiger partial charge < -0.3 is 9.88 Å². The van der Waals surface area contributed by atoms with Crippen molar-refractivity contribution in [3.05, 3.63) is 22.7 Å². The number of thioether (sulfide) groups is 1. The molecule has 0 fully saturated rings. The highest BCUT2D eigenvalue weighted by Gasteiger charge is 2.07. The lowest BCUT2D eigenvalue weighted by molar-refractivity contribution is 0.509. The quantitative estimate of drug-likeness (QED) is 0.845. The number of nitrogens with zero attached hydrogens (tertiary/aromatic N) is 2. The number of nitrogens with one attached hydrogen (secondary N) is 1. The van der Waals surface area contributed by atoms with Gasteiger partial charge in [-0.1, -0.05) is 20.8 Å². The summed E-state index contributed by atoms with van der Waals surface area (Å²) in [5, 5.41) is 3.58. The van der Waals surface area contributed by atoms with Crippen LogP contribution in [0.3, 0.4) is 0 Å². The smallest absolute Gasteiger partial charge is 0.293 e. The van der Waals surface area contributed by atoms with Crippen molar-refractivity contribution in [1.29, 1.82) is 0 Å². The van der Waals surface area contributed by atoms with Gasteiger partial charge in [-0.25, -0.2) is 4.98 Å². The van der Waals surface area contributed by atoms with Crippen molar-refractivity contribution >= 4 is 17.6 Å². The van der Waals surface area contributed by atoms with Crippen LogP contribution in [0.25, 0.3) is 0 Å². The second-order valence-electron chi connectivity index (χ2n) is 4.55. The molecule has 0 spiro atoms. The molecule has 0 aliphatic heterocycles. The minimum Gasteiger partial charge on any atom is -0.364 e. The summed E-state index contributed by atoms with van der Waals surface area (Å²) in [5.41, 5.74) is -0.0329. The molecular weight excluding hydrogens is 234 g/mol. The summed E-state index contributed by atoms with van der Waals surface area (Å²) < 4.78 is 1.71. The van der Waals surface area contributed by atoms with Crippen molar-refractivity contribution in [1.82, 2.24) is 9.55 Å². The molecule has 1 aromatic heterocycles. The Morgan fingerprint density at radius 3 is 2.76 bits per heavy atom. The molecule has 0 bridgehead atoms. The van der Waals surface area contributed by atoms with E-state index in [0.717, 1.165) is 13.1 Å². The van der Waals surface area contributed by atoms with E-state index in [9.17, 15) is 4.79 Å². The summed E-state index contributed by atoms with van der Waals surface area (Å²) in [6.45, 7) is 7.79. The van der Waals surface area contributed by atoms with Crippen LogP contribution in [0.4, 0.5) is 5.82 Å². The molecule has 1 N–H and O–H groups in total. The van der Waals surface area contributed by atoms with Crippen LogP contribution in [0.2, 0.25) is 0 Å². The molecule has 17 heavy (non-hydrogen) atoms. The van der Waals surface area contributed by atoms with Crippen LogP contribution < -0.4 is 10.9 Å². The normalized spacial score (nSPS) is 12.8. The fraction of sp³-hybridized carbons (Fsp3) is 0.667. The summed E-state index contributed by atoms with van der Waals surface area (Å²) in [6, 6.07) is 0. The molecule has 1 unspecified atom stereocenters. The first-order valence-electron chi connectivity index (χ1n) is 5.86. The molecule has 0 saturated heterocycles. The highest BCUT2D eigenvalue weighted by Crippen LogP contribution is 2.05. The average Bonchev–Trinajstić information content (AvgIpc) is 2.29. The first-order chi connectivity index (χ1) is 8.04. The van der Waals surface area contributed by atoms with E-state index in [1.54, 1.807) is 28.7 Å². The highest BCUT2D eigenvalue weighted by atomic mass is 32.2. The van der Waals surface area contributed by atoms with E-state index in [1.165, 1.54) is 0 Å². The zero-order chi connectivity index (χ0) is 12.8. The fourth-order valence-electron chi connectivity index (χ4n) is 1.43. The van der Waals surface area contributed by atoms with Gasteiger partial charge in [0.15, 0.2) is 5.82 Å². The van der Waals surface area contributed by atoms with Gasteiger partial charge >= 0.3 is 0 Å². The Labute approximate surface area is 107 Å². The lowest BCUT2D eigenvalue weighted by atomic mass is 10.2. The van der Waals surface area contributed by atoms with Crippen molar-refractivity contribution in [2.75, 3.05) is 18.1 Å². The predicted molar refractivity (Wildman–Crippen MR) is 74.8 cm³/mol. The topological polar surface area (TPSA) is 46.9 Å². The van der Waals surface area contributed by atoms with Gasteiger partial charge in [-0.2, -0.15) is 11.8 Å². The van der Waals surface area contributed by atoms with E-state index in [-0.39, 0.29) is 5.56 Å². The second kappa shape index (κ2) is 6.69. The molecule has 0 aromatic carbocycles. The van der Waals surface area contributed by atoms with Crippen LogP contribution in [0.1, 0.15) is 20.8 Å². The predicted octanol–water partition coefficient (Wildman–Crippen LogP) is 2.06. The Kier molecular flexibility index (Phi) is 5.55. The molecule has 0 amide bonds. The van der Waals surface area contributed by atoms with E-state index in [4.69, 9.17) is 0 Å². The number of rotatable bonds is 6. The largest absolute Gasteiger partial charge is 0.364 e. The molecule has 1 rings (SSSR count). The minimum absolute atomic E-state index is 0.0329. The number of hydrogen-bond donors (Lipinski definition) is 1. The molecule has 0 saturated carbocycles. The van der Waals surface area contributed by atoms with Crippen molar-refractivity contribution in [2.45, 2.75) is 32.6 Å². The monoisotopic (exact) mass is 255 g/mol. The maximum Gasteiger partial charge on any atom is 0.293 e. The van der Waals surface area contributed by atoms with Crippen LogP contribution in [-0.2, 0) is 6.54 Å². The standard InChI is InChI=1S/C12H21N3OS/c1-9(2)8-15-6-5-13-11(12(15)16)14-7-10(3)17-4/h5-6,9-10H,7-8H2,1-4H3,(H,13,14). The maximum absolute atomic E-state index is 12.0. The van der Waals surface area contributed by atoms with E-state index >= 15 is 0 Å². The zero-order valence-corrected chi connectivity index (χ0v) is 11.8. The molecule has 4 nitrogen and oxygen atoms in total. The van der Waals surface area contributed by atoms with E-state index in [1.807, 2.05) is 0 Å². The molecule has 96 valence electrons. The van der Waals surface area contributed by atoms with Gasteiger partial charge in [-0.05, 0) is 12.2 Å². The summed E-state index contributed by atoms with van der Waals surface area (Å²) in [4.78, 5) is 16.1. The Hall–Kier alpha value is -0.970. The number of aromatic nitrogens is 2. The Morgan fingerprint density at radius 2 is 2.18 bits per heavy atom. The fourth-order valence-corrected chi connectivity index (χ4v) is 1.68. The van der Waals surface area contributed by atoms with Crippen LogP contribution in [0, 0.1) is 5.92 Å². The van der Waals surface area contributed by atoms with Crippen LogP contribution in [-0.4, -0.2) is 27.6 Å². The molecular formula is C12H21N3OS. The van der Waals surface area contributed by atoms with Crippen LogP contribution in [0.5, 0.6) is 0 Å². The molecule has 0 aliphatic carbocycles. The zero-order valence-electron chi connectivity index (χ0n) is 10.9. The summed E-state index contributed by atoms with van der Waals surface area (Å²) in [7, 11) is 0. The van der Waals surface area contributed by atoms with Crippen molar-refractivity contribution in [2.24, 2.45) is 5.92 Å². The van der Waals surface area contributed by atoms with Gasteiger partial charge in [0.25, 0.3) is 5.56 Å². The first-order valence-corrected chi connectivity index (χ1v) is 7.15. The number of hydrogen-bond acceptors (Lipinski definition) is 4. The van der Waals surface area contributed by atoms with E-state index in [2.05, 4.69) is 37.3 Å². The van der Waals surface area contributed by atoms with E-state index in [0.29, 0.717) is 17.0 Å². The molecule has 5 heteroatoms. The third kappa shape index (κ3) is 4.42. The Balaban J connectivity index is 2.76. The molecule has 0 aliphatic rings.